The maximum atomic E-state index is 13.8. The second-order valence-corrected chi connectivity index (χ2v) is 6.40. The Morgan fingerprint density at radius 2 is 1.58 bits per heavy atom. The quantitative estimate of drug-likeness (QED) is 0.812. The number of amides is 1. The molecule has 1 amide bonds. The van der Waals surface area contributed by atoms with Gasteiger partial charge in [-0.3, -0.25) is 10.1 Å². The van der Waals surface area contributed by atoms with Gasteiger partial charge in [0.25, 0.3) is 0 Å². The van der Waals surface area contributed by atoms with E-state index >= 15 is 0 Å². The first-order chi connectivity index (χ1) is 11.4. The van der Waals surface area contributed by atoms with Gasteiger partial charge in [0, 0.05) is 17.3 Å². The van der Waals surface area contributed by atoms with Crippen molar-refractivity contribution < 1.29 is 9.18 Å². The Balaban J connectivity index is 1.95. The van der Waals surface area contributed by atoms with E-state index in [4.69, 9.17) is 0 Å². The van der Waals surface area contributed by atoms with Gasteiger partial charge in [-0.1, -0.05) is 44.2 Å². The molecule has 0 radical (unpaired) electrons. The number of anilines is 1. The van der Waals surface area contributed by atoms with E-state index in [1.807, 2.05) is 31.2 Å². The maximum Gasteiger partial charge on any atom is 0.241 e. The van der Waals surface area contributed by atoms with Crippen LogP contribution in [0, 0.1) is 5.82 Å². The van der Waals surface area contributed by atoms with Crippen molar-refractivity contribution in [1.29, 1.82) is 0 Å². The molecular weight excluding hydrogens is 303 g/mol. The molecule has 0 aliphatic rings. The molecule has 3 nitrogen and oxygen atoms in total. The Morgan fingerprint density at radius 1 is 0.958 bits per heavy atom. The number of benzene rings is 2. The summed E-state index contributed by atoms with van der Waals surface area (Å²) in [5.41, 5.74) is 2.54. The molecule has 0 aromatic heterocycles. The fraction of sp³-hybridized carbons (Fsp3) is 0.350. The molecule has 0 spiro atoms. The van der Waals surface area contributed by atoms with Crippen molar-refractivity contribution in [2.24, 2.45) is 0 Å². The zero-order chi connectivity index (χ0) is 17.7. The summed E-state index contributed by atoms with van der Waals surface area (Å²) in [5, 5.41) is 6.02. The summed E-state index contributed by atoms with van der Waals surface area (Å²) < 4.78 is 13.8. The molecule has 0 aliphatic heterocycles. The predicted molar refractivity (Wildman–Crippen MR) is 96.6 cm³/mol. The van der Waals surface area contributed by atoms with Crippen molar-refractivity contribution in [3.8, 4) is 0 Å². The molecular formula is C20H25FN2O. The predicted octanol–water partition coefficient (Wildman–Crippen LogP) is 4.63. The smallest absolute Gasteiger partial charge is 0.241 e. The minimum Gasteiger partial charge on any atom is -0.325 e. The van der Waals surface area contributed by atoms with Gasteiger partial charge >= 0.3 is 0 Å². The van der Waals surface area contributed by atoms with E-state index in [0.29, 0.717) is 11.5 Å². The van der Waals surface area contributed by atoms with Gasteiger partial charge in [-0.2, -0.15) is 0 Å². The SMILES string of the molecule is CC(NC(C)c1ccccc1F)C(=O)Nc1ccc(C(C)C)cc1. The summed E-state index contributed by atoms with van der Waals surface area (Å²) in [5.74, 6) is 0.0434. The van der Waals surface area contributed by atoms with Crippen LogP contribution in [0.2, 0.25) is 0 Å². The summed E-state index contributed by atoms with van der Waals surface area (Å²) in [6.45, 7) is 7.88. The van der Waals surface area contributed by atoms with Crippen LogP contribution in [0.4, 0.5) is 10.1 Å². The molecule has 24 heavy (non-hydrogen) atoms. The average Bonchev–Trinajstić information content (AvgIpc) is 2.55. The summed E-state index contributed by atoms with van der Waals surface area (Å²) in [6.07, 6.45) is 0. The lowest BCUT2D eigenvalue weighted by atomic mass is 10.0. The van der Waals surface area contributed by atoms with Crippen LogP contribution in [0.5, 0.6) is 0 Å². The first kappa shape index (κ1) is 18.1. The van der Waals surface area contributed by atoms with Gasteiger partial charge in [-0.05, 0) is 43.5 Å². The number of nitrogens with one attached hydrogen (secondary N) is 2. The lowest BCUT2D eigenvalue weighted by Crippen LogP contribution is -2.39. The van der Waals surface area contributed by atoms with Gasteiger partial charge in [0.2, 0.25) is 5.91 Å². The highest BCUT2D eigenvalue weighted by molar-refractivity contribution is 5.94. The molecule has 0 saturated carbocycles. The van der Waals surface area contributed by atoms with Crippen LogP contribution in [0.15, 0.2) is 48.5 Å². The lowest BCUT2D eigenvalue weighted by molar-refractivity contribution is -0.117. The third-order valence-electron chi connectivity index (χ3n) is 4.11. The Bertz CT molecular complexity index is 682. The van der Waals surface area contributed by atoms with Crippen LogP contribution >= 0.6 is 0 Å². The molecule has 2 atom stereocenters. The average molecular weight is 328 g/mol. The van der Waals surface area contributed by atoms with Crippen molar-refractivity contribution in [2.45, 2.75) is 45.7 Å². The molecule has 0 heterocycles. The molecule has 4 heteroatoms. The van der Waals surface area contributed by atoms with Gasteiger partial charge < -0.3 is 5.32 Å². The topological polar surface area (TPSA) is 41.1 Å². The Labute approximate surface area is 143 Å². The van der Waals surface area contributed by atoms with Crippen LogP contribution in [0.3, 0.4) is 0 Å². The number of hydrogen-bond acceptors (Lipinski definition) is 2. The zero-order valence-corrected chi connectivity index (χ0v) is 14.6. The van der Waals surface area contributed by atoms with E-state index in [1.54, 1.807) is 25.1 Å². The summed E-state index contributed by atoms with van der Waals surface area (Å²) >= 11 is 0. The molecule has 0 aliphatic carbocycles. The molecule has 2 rings (SSSR count). The zero-order valence-electron chi connectivity index (χ0n) is 14.6. The number of carbonyl (C=O) groups excluding carboxylic acids is 1. The molecule has 2 aromatic rings. The minimum atomic E-state index is -0.440. The van der Waals surface area contributed by atoms with Gasteiger partial charge in [-0.15, -0.1) is 0 Å². The van der Waals surface area contributed by atoms with E-state index in [9.17, 15) is 9.18 Å². The first-order valence-electron chi connectivity index (χ1n) is 8.29. The van der Waals surface area contributed by atoms with Crippen LogP contribution in [0.25, 0.3) is 0 Å². The first-order valence-corrected chi connectivity index (χ1v) is 8.29. The number of halogens is 1. The highest BCUT2D eigenvalue weighted by Crippen LogP contribution is 2.18. The Morgan fingerprint density at radius 3 is 2.17 bits per heavy atom. The Hall–Kier alpha value is -2.20. The van der Waals surface area contributed by atoms with Crippen molar-refractivity contribution in [2.75, 3.05) is 5.32 Å². The molecule has 2 unspecified atom stereocenters. The van der Waals surface area contributed by atoms with Crippen LogP contribution in [-0.4, -0.2) is 11.9 Å². The summed E-state index contributed by atoms with van der Waals surface area (Å²) in [4.78, 5) is 12.3. The monoisotopic (exact) mass is 328 g/mol. The van der Waals surface area contributed by atoms with Crippen molar-refractivity contribution in [3.63, 3.8) is 0 Å². The van der Waals surface area contributed by atoms with Gasteiger partial charge in [0.1, 0.15) is 5.82 Å². The number of carbonyl (C=O) groups is 1. The summed E-state index contributed by atoms with van der Waals surface area (Å²) in [6, 6.07) is 13.7. The molecule has 128 valence electrons. The van der Waals surface area contributed by atoms with Crippen molar-refractivity contribution in [3.05, 3.63) is 65.5 Å². The molecule has 2 N–H and O–H groups in total. The minimum absolute atomic E-state index is 0.143. The van der Waals surface area contributed by atoms with E-state index in [-0.39, 0.29) is 17.8 Å². The largest absolute Gasteiger partial charge is 0.325 e. The second-order valence-electron chi connectivity index (χ2n) is 6.40. The lowest BCUT2D eigenvalue weighted by Gasteiger charge is -2.20. The highest BCUT2D eigenvalue weighted by Gasteiger charge is 2.18. The fourth-order valence-corrected chi connectivity index (χ4v) is 2.57. The third kappa shape index (κ3) is 4.65. The normalized spacial score (nSPS) is 13.6. The molecule has 0 saturated heterocycles. The van der Waals surface area contributed by atoms with E-state index in [0.717, 1.165) is 5.69 Å². The van der Waals surface area contributed by atoms with Crippen molar-refractivity contribution >= 4 is 11.6 Å². The number of rotatable bonds is 6. The van der Waals surface area contributed by atoms with Gasteiger partial charge in [-0.25, -0.2) is 4.39 Å². The van der Waals surface area contributed by atoms with E-state index in [1.165, 1.54) is 11.6 Å². The molecule has 2 aromatic carbocycles. The Kier molecular flexibility index (Phi) is 6.10. The molecule has 0 fully saturated rings. The fourth-order valence-electron chi connectivity index (χ4n) is 2.57. The van der Waals surface area contributed by atoms with Crippen LogP contribution < -0.4 is 10.6 Å². The summed E-state index contributed by atoms with van der Waals surface area (Å²) in [7, 11) is 0. The second kappa shape index (κ2) is 8.06. The van der Waals surface area contributed by atoms with Crippen LogP contribution in [0.1, 0.15) is 50.8 Å². The maximum absolute atomic E-state index is 13.8. The van der Waals surface area contributed by atoms with E-state index < -0.39 is 6.04 Å². The van der Waals surface area contributed by atoms with Gasteiger partial charge in [0.05, 0.1) is 6.04 Å². The van der Waals surface area contributed by atoms with Crippen LogP contribution in [-0.2, 0) is 4.79 Å². The standard InChI is InChI=1S/C20H25FN2O/c1-13(2)16-9-11-17(12-10-16)23-20(24)15(4)22-14(3)18-7-5-6-8-19(18)21/h5-15,22H,1-4H3,(H,23,24). The van der Waals surface area contributed by atoms with Crippen molar-refractivity contribution in [1.82, 2.24) is 5.32 Å². The number of hydrogen-bond donors (Lipinski definition) is 2. The molecule has 0 bridgehead atoms. The third-order valence-corrected chi connectivity index (χ3v) is 4.11. The van der Waals surface area contributed by atoms with E-state index in [2.05, 4.69) is 24.5 Å². The highest BCUT2D eigenvalue weighted by atomic mass is 19.1. The van der Waals surface area contributed by atoms with Gasteiger partial charge in [0.15, 0.2) is 0 Å².